The van der Waals surface area contributed by atoms with E-state index >= 15 is 0 Å². The highest BCUT2D eigenvalue weighted by Crippen LogP contribution is 2.00. The van der Waals surface area contributed by atoms with Crippen LogP contribution in [0.15, 0.2) is 12.8 Å². The molecule has 0 radical (unpaired) electrons. The minimum absolute atomic E-state index is 0.628. The molecule has 2 heteroatoms. The Morgan fingerprint density at radius 3 is 1.89 bits per heavy atom. The Hall–Kier alpha value is -0.243. The molecule has 0 spiro atoms. The second-order valence-electron chi connectivity index (χ2n) is 2.82. The summed E-state index contributed by atoms with van der Waals surface area (Å²) in [6.07, 6.45) is 1.96. The van der Waals surface area contributed by atoms with E-state index in [4.69, 9.17) is 0 Å². The Balaban J connectivity index is 3.82. The molecular weight excluding hydrogens is 126 g/mol. The third-order valence-corrected chi connectivity index (χ3v) is 3.40. The lowest BCUT2D eigenvalue weighted by molar-refractivity contribution is 0.476. The number of rotatable bonds is 3. The zero-order chi connectivity index (χ0) is 7.44. The van der Waals surface area contributed by atoms with Crippen LogP contribution in [0.25, 0.3) is 0 Å². The molecule has 1 nitrogen and oxygen atoms in total. The third kappa shape index (κ3) is 2.70. The first-order valence-corrected chi connectivity index (χ1v) is 6.32. The monoisotopic (exact) mass is 143 g/mol. The van der Waals surface area contributed by atoms with Gasteiger partial charge in [-0.1, -0.05) is 19.7 Å². The van der Waals surface area contributed by atoms with Crippen molar-refractivity contribution < 1.29 is 0 Å². The average Bonchev–Trinajstić information content (AvgIpc) is 1.64. The fraction of sp³-hybridized carbons (Fsp3) is 0.714. The van der Waals surface area contributed by atoms with Gasteiger partial charge in [0.1, 0.15) is 8.96 Å². The Morgan fingerprint density at radius 1 is 1.44 bits per heavy atom. The summed E-state index contributed by atoms with van der Waals surface area (Å²) in [5, 5.41) is 0. The maximum absolute atomic E-state index is 3.76. The van der Waals surface area contributed by atoms with Gasteiger partial charge < -0.3 is 4.57 Å². The van der Waals surface area contributed by atoms with Gasteiger partial charge in [0, 0.05) is 6.04 Å². The molecule has 0 amide bonds. The van der Waals surface area contributed by atoms with Crippen LogP contribution in [0.3, 0.4) is 0 Å². The summed E-state index contributed by atoms with van der Waals surface area (Å²) in [6.45, 7) is 12.8. The van der Waals surface area contributed by atoms with Gasteiger partial charge in [-0.05, 0) is 20.0 Å². The highest BCUT2D eigenvalue weighted by Gasteiger charge is 2.07. The van der Waals surface area contributed by atoms with E-state index in [2.05, 4.69) is 38.1 Å². The van der Waals surface area contributed by atoms with E-state index in [1.807, 2.05) is 6.20 Å². The van der Waals surface area contributed by atoms with Crippen LogP contribution in [0, 0.1) is 0 Å². The van der Waals surface area contributed by atoms with Crippen molar-refractivity contribution in [1.82, 2.24) is 4.57 Å². The summed E-state index contributed by atoms with van der Waals surface area (Å²) in [5.41, 5.74) is 0. The highest BCUT2D eigenvalue weighted by atomic mass is 28.3. The van der Waals surface area contributed by atoms with Gasteiger partial charge in [0.25, 0.3) is 0 Å². The molecule has 9 heavy (non-hydrogen) atoms. The van der Waals surface area contributed by atoms with E-state index in [0.717, 1.165) is 0 Å². The van der Waals surface area contributed by atoms with Crippen molar-refractivity contribution in [3.8, 4) is 0 Å². The predicted molar refractivity (Wildman–Crippen MR) is 46.0 cm³/mol. The van der Waals surface area contributed by atoms with Crippen LogP contribution >= 0.6 is 0 Å². The summed E-state index contributed by atoms with van der Waals surface area (Å²) in [4.78, 5) is 0. The summed E-state index contributed by atoms with van der Waals surface area (Å²) >= 11 is 0. The van der Waals surface area contributed by atoms with Crippen molar-refractivity contribution in [2.75, 3.05) is 0 Å². The van der Waals surface area contributed by atoms with Crippen LogP contribution in [0.1, 0.15) is 13.8 Å². The summed E-state index contributed by atoms with van der Waals surface area (Å²) in [7, 11) is -0.628. The molecule has 0 heterocycles. The van der Waals surface area contributed by atoms with E-state index in [-0.39, 0.29) is 0 Å². The van der Waals surface area contributed by atoms with Crippen molar-refractivity contribution in [3.05, 3.63) is 12.8 Å². The van der Waals surface area contributed by atoms with Gasteiger partial charge in [0.2, 0.25) is 0 Å². The second kappa shape index (κ2) is 3.72. The summed E-state index contributed by atoms with van der Waals surface area (Å²) < 4.78 is 2.36. The molecule has 54 valence electrons. The standard InChI is InChI=1S/C7H17NSi/c1-6-8(7(2)3)9(4)5/h6-7,9H,1H2,2-5H3. The number of nitrogens with zero attached hydrogens (tertiary/aromatic N) is 1. The van der Waals surface area contributed by atoms with Gasteiger partial charge in [-0.2, -0.15) is 0 Å². The minimum atomic E-state index is -0.628. The first-order chi connectivity index (χ1) is 4.09. The molecule has 0 rings (SSSR count). The van der Waals surface area contributed by atoms with Gasteiger partial charge >= 0.3 is 0 Å². The molecule has 0 aliphatic carbocycles. The summed E-state index contributed by atoms with van der Waals surface area (Å²) in [5.74, 6) is 0. The molecule has 0 fully saturated rings. The smallest absolute Gasteiger partial charge is 0.134 e. The summed E-state index contributed by atoms with van der Waals surface area (Å²) in [6, 6.07) is 0.633. The zero-order valence-electron chi connectivity index (χ0n) is 6.89. The van der Waals surface area contributed by atoms with Gasteiger partial charge in [-0.3, -0.25) is 0 Å². The first kappa shape index (κ1) is 8.76. The van der Waals surface area contributed by atoms with Crippen molar-refractivity contribution in [1.29, 1.82) is 0 Å². The Kier molecular flexibility index (Phi) is 3.62. The highest BCUT2D eigenvalue weighted by molar-refractivity contribution is 6.53. The molecule has 0 saturated heterocycles. The molecule has 0 aromatic heterocycles. The second-order valence-corrected chi connectivity index (χ2v) is 5.60. The molecular formula is C7H17NSi. The largest absolute Gasteiger partial charge is 0.405 e. The molecule has 0 bridgehead atoms. The molecule has 0 aliphatic rings. The molecule has 0 aromatic carbocycles. The van der Waals surface area contributed by atoms with Crippen LogP contribution in [0.2, 0.25) is 13.1 Å². The normalized spacial score (nSPS) is 10.4. The van der Waals surface area contributed by atoms with Crippen LogP contribution in [0.4, 0.5) is 0 Å². The van der Waals surface area contributed by atoms with E-state index < -0.39 is 8.96 Å². The zero-order valence-corrected chi connectivity index (χ0v) is 8.04. The predicted octanol–water partition coefficient (Wildman–Crippen LogP) is 1.82. The maximum Gasteiger partial charge on any atom is 0.134 e. The molecule has 0 N–H and O–H groups in total. The van der Waals surface area contributed by atoms with Crippen LogP contribution in [0.5, 0.6) is 0 Å². The van der Waals surface area contributed by atoms with E-state index in [9.17, 15) is 0 Å². The topological polar surface area (TPSA) is 3.24 Å². The SMILES string of the molecule is C=CN(C(C)C)[SiH](C)C. The van der Waals surface area contributed by atoms with Gasteiger partial charge in [-0.25, -0.2) is 0 Å². The van der Waals surface area contributed by atoms with Crippen molar-refractivity contribution in [3.63, 3.8) is 0 Å². The van der Waals surface area contributed by atoms with E-state index in [0.29, 0.717) is 6.04 Å². The van der Waals surface area contributed by atoms with E-state index in [1.165, 1.54) is 0 Å². The molecule has 0 aliphatic heterocycles. The fourth-order valence-electron chi connectivity index (χ4n) is 1.02. The van der Waals surface area contributed by atoms with Crippen molar-refractivity contribution in [2.45, 2.75) is 33.0 Å². The van der Waals surface area contributed by atoms with Crippen LogP contribution in [-0.2, 0) is 0 Å². The van der Waals surface area contributed by atoms with Crippen LogP contribution in [-0.4, -0.2) is 19.6 Å². The minimum Gasteiger partial charge on any atom is -0.405 e. The Labute approximate surface area is 60.1 Å². The van der Waals surface area contributed by atoms with E-state index in [1.54, 1.807) is 0 Å². The van der Waals surface area contributed by atoms with Crippen LogP contribution < -0.4 is 0 Å². The first-order valence-electron chi connectivity index (χ1n) is 3.49. The van der Waals surface area contributed by atoms with Crippen molar-refractivity contribution in [2.24, 2.45) is 0 Å². The lowest BCUT2D eigenvalue weighted by Crippen LogP contribution is -2.34. The average molecular weight is 143 g/mol. The quantitative estimate of drug-likeness (QED) is 0.545. The van der Waals surface area contributed by atoms with Gasteiger partial charge in [0.05, 0.1) is 0 Å². The third-order valence-electron chi connectivity index (χ3n) is 1.40. The lowest BCUT2D eigenvalue weighted by atomic mass is 10.4. The maximum atomic E-state index is 3.76. The van der Waals surface area contributed by atoms with Gasteiger partial charge in [0.15, 0.2) is 0 Å². The fourth-order valence-corrected chi connectivity index (χ4v) is 2.63. The number of hydrogen-bond acceptors (Lipinski definition) is 1. The van der Waals surface area contributed by atoms with Gasteiger partial charge in [-0.15, -0.1) is 0 Å². The van der Waals surface area contributed by atoms with Crippen molar-refractivity contribution >= 4 is 8.96 Å². The molecule has 0 saturated carbocycles. The molecule has 0 aromatic rings. The molecule has 0 unspecified atom stereocenters. The molecule has 0 atom stereocenters. The lowest BCUT2D eigenvalue weighted by Gasteiger charge is -2.28. The number of hydrogen-bond donors (Lipinski definition) is 0. The Bertz CT molecular complexity index is 80.9. The Morgan fingerprint density at radius 2 is 1.89 bits per heavy atom.